The second-order valence-corrected chi connectivity index (χ2v) is 3.45. The van der Waals surface area contributed by atoms with Crippen molar-refractivity contribution in [1.82, 2.24) is 20.1 Å². The second kappa shape index (κ2) is 5.66. The van der Waals surface area contributed by atoms with Crippen LogP contribution in [0.5, 0.6) is 0 Å². The molecule has 3 N–H and O–H groups in total. The molecular formula is C7H12BrN5O2. The molecule has 0 aliphatic rings. The zero-order chi connectivity index (χ0) is 11.3. The maximum atomic E-state index is 11.3. The first kappa shape index (κ1) is 11.9. The van der Waals surface area contributed by atoms with Crippen molar-refractivity contribution < 1.29 is 9.53 Å². The third-order valence-electron chi connectivity index (χ3n) is 1.56. The van der Waals surface area contributed by atoms with Crippen LogP contribution in [0, 0.1) is 0 Å². The van der Waals surface area contributed by atoms with Gasteiger partial charge in [0.15, 0.2) is 4.73 Å². The number of amides is 1. The van der Waals surface area contributed by atoms with Crippen LogP contribution in [0.4, 0.5) is 5.95 Å². The first-order chi connectivity index (χ1) is 7.13. The van der Waals surface area contributed by atoms with E-state index in [1.165, 1.54) is 4.68 Å². The van der Waals surface area contributed by atoms with Crippen molar-refractivity contribution in [2.75, 3.05) is 26.0 Å². The summed E-state index contributed by atoms with van der Waals surface area (Å²) < 4.78 is 6.60. The number of anilines is 1. The number of hydrogen-bond donors (Lipinski definition) is 2. The Morgan fingerprint density at radius 2 is 2.47 bits per heavy atom. The summed E-state index contributed by atoms with van der Waals surface area (Å²) in [6.07, 6.45) is 0. The summed E-state index contributed by atoms with van der Waals surface area (Å²) in [5.41, 5.74) is 5.35. The van der Waals surface area contributed by atoms with Gasteiger partial charge in [0.25, 0.3) is 0 Å². The second-order valence-electron chi connectivity index (χ2n) is 2.74. The standard InChI is InChI=1S/C7H12BrN5O2/c1-15-3-2-10-5(14)4-13-6(8)11-7(9)12-13/h2-4H2,1H3,(H2,9,12)(H,10,14). The molecule has 0 bridgehead atoms. The van der Waals surface area contributed by atoms with Gasteiger partial charge < -0.3 is 15.8 Å². The molecule has 84 valence electrons. The van der Waals surface area contributed by atoms with Gasteiger partial charge in [-0.15, -0.1) is 5.10 Å². The maximum Gasteiger partial charge on any atom is 0.241 e. The summed E-state index contributed by atoms with van der Waals surface area (Å²) >= 11 is 3.13. The van der Waals surface area contributed by atoms with Crippen LogP contribution in [0.25, 0.3) is 0 Å². The molecule has 1 aromatic rings. The molecule has 0 radical (unpaired) electrons. The van der Waals surface area contributed by atoms with Crippen LogP contribution in [0.3, 0.4) is 0 Å². The number of nitrogens with zero attached hydrogens (tertiary/aromatic N) is 3. The fourth-order valence-corrected chi connectivity index (χ4v) is 1.31. The predicted octanol–water partition coefficient (Wildman–Crippen LogP) is -0.615. The van der Waals surface area contributed by atoms with Crippen LogP contribution in [0.1, 0.15) is 0 Å². The third kappa shape index (κ3) is 3.84. The number of aromatic nitrogens is 3. The summed E-state index contributed by atoms with van der Waals surface area (Å²) in [6, 6.07) is 0. The Labute approximate surface area is 95.1 Å². The summed E-state index contributed by atoms with van der Waals surface area (Å²) in [5, 5.41) is 6.48. The molecule has 8 heteroatoms. The zero-order valence-corrected chi connectivity index (χ0v) is 9.82. The van der Waals surface area contributed by atoms with Gasteiger partial charge in [-0.2, -0.15) is 4.98 Å². The van der Waals surface area contributed by atoms with E-state index in [1.807, 2.05) is 0 Å². The number of halogens is 1. The van der Waals surface area contributed by atoms with E-state index >= 15 is 0 Å². The molecule has 0 atom stereocenters. The Bertz CT molecular complexity index is 340. The van der Waals surface area contributed by atoms with E-state index < -0.39 is 0 Å². The van der Waals surface area contributed by atoms with E-state index in [0.29, 0.717) is 17.9 Å². The Morgan fingerprint density at radius 3 is 3.00 bits per heavy atom. The lowest BCUT2D eigenvalue weighted by atomic mass is 10.5. The number of nitrogens with one attached hydrogen (secondary N) is 1. The number of carbonyl (C=O) groups is 1. The molecule has 0 fully saturated rings. The molecule has 1 heterocycles. The van der Waals surface area contributed by atoms with Gasteiger partial charge in [-0.1, -0.05) is 0 Å². The molecule has 0 saturated carbocycles. The van der Waals surface area contributed by atoms with E-state index in [-0.39, 0.29) is 18.4 Å². The SMILES string of the molecule is COCCNC(=O)Cn1nc(N)nc1Br. The minimum atomic E-state index is -0.169. The Hall–Kier alpha value is -1.15. The lowest BCUT2D eigenvalue weighted by Gasteiger charge is -2.04. The normalized spacial score (nSPS) is 10.3. The van der Waals surface area contributed by atoms with E-state index in [4.69, 9.17) is 10.5 Å². The van der Waals surface area contributed by atoms with E-state index in [2.05, 4.69) is 31.3 Å². The molecule has 0 aliphatic heterocycles. The van der Waals surface area contributed by atoms with Crippen molar-refractivity contribution >= 4 is 27.8 Å². The molecule has 0 aromatic carbocycles. The van der Waals surface area contributed by atoms with Gasteiger partial charge in [-0.3, -0.25) is 4.79 Å². The average Bonchev–Trinajstić information content (AvgIpc) is 2.45. The summed E-state index contributed by atoms with van der Waals surface area (Å²) in [4.78, 5) is 15.1. The zero-order valence-electron chi connectivity index (χ0n) is 8.23. The van der Waals surface area contributed by atoms with Gasteiger partial charge >= 0.3 is 0 Å². The van der Waals surface area contributed by atoms with E-state index in [0.717, 1.165) is 0 Å². The Balaban J connectivity index is 2.41. The highest BCUT2D eigenvalue weighted by Gasteiger charge is 2.08. The molecule has 1 amide bonds. The molecule has 1 aromatic heterocycles. The van der Waals surface area contributed by atoms with Gasteiger partial charge in [0, 0.05) is 13.7 Å². The average molecular weight is 278 g/mol. The highest BCUT2D eigenvalue weighted by atomic mass is 79.9. The van der Waals surface area contributed by atoms with Crippen LogP contribution < -0.4 is 11.1 Å². The lowest BCUT2D eigenvalue weighted by Crippen LogP contribution is -2.30. The minimum Gasteiger partial charge on any atom is -0.383 e. The monoisotopic (exact) mass is 277 g/mol. The van der Waals surface area contributed by atoms with Gasteiger partial charge in [-0.25, -0.2) is 4.68 Å². The van der Waals surface area contributed by atoms with Crippen molar-refractivity contribution in [3.05, 3.63) is 4.73 Å². The van der Waals surface area contributed by atoms with Gasteiger partial charge in [-0.05, 0) is 15.9 Å². The number of nitrogens with two attached hydrogens (primary N) is 1. The van der Waals surface area contributed by atoms with Crippen molar-refractivity contribution in [1.29, 1.82) is 0 Å². The molecule has 0 saturated heterocycles. The van der Waals surface area contributed by atoms with Crippen molar-refractivity contribution in [3.63, 3.8) is 0 Å². The van der Waals surface area contributed by atoms with Crippen LogP contribution in [0.15, 0.2) is 4.73 Å². The van der Waals surface area contributed by atoms with Crippen LogP contribution in [-0.2, 0) is 16.1 Å². The topological polar surface area (TPSA) is 95.1 Å². The first-order valence-corrected chi connectivity index (χ1v) is 5.04. The van der Waals surface area contributed by atoms with Crippen LogP contribution >= 0.6 is 15.9 Å². The summed E-state index contributed by atoms with van der Waals surface area (Å²) in [7, 11) is 1.57. The quantitative estimate of drug-likeness (QED) is 0.700. The fourth-order valence-electron chi connectivity index (χ4n) is 0.925. The van der Waals surface area contributed by atoms with Gasteiger partial charge in [0.1, 0.15) is 6.54 Å². The molecule has 0 aliphatic carbocycles. The number of methoxy groups -OCH3 is 1. The van der Waals surface area contributed by atoms with Crippen LogP contribution in [0.2, 0.25) is 0 Å². The Kier molecular flexibility index (Phi) is 4.50. The third-order valence-corrected chi connectivity index (χ3v) is 2.15. The fraction of sp³-hybridized carbons (Fsp3) is 0.571. The summed E-state index contributed by atoms with van der Waals surface area (Å²) in [6.45, 7) is 1.03. The Morgan fingerprint density at radius 1 is 1.73 bits per heavy atom. The van der Waals surface area contributed by atoms with Crippen molar-refractivity contribution in [2.45, 2.75) is 6.54 Å². The maximum absolute atomic E-state index is 11.3. The lowest BCUT2D eigenvalue weighted by molar-refractivity contribution is -0.122. The van der Waals surface area contributed by atoms with Crippen molar-refractivity contribution in [2.24, 2.45) is 0 Å². The number of carbonyl (C=O) groups excluding carboxylic acids is 1. The number of ether oxygens (including phenoxy) is 1. The number of nitrogen functional groups attached to an aromatic ring is 1. The highest BCUT2D eigenvalue weighted by molar-refractivity contribution is 9.10. The predicted molar refractivity (Wildman–Crippen MR) is 57.0 cm³/mol. The smallest absolute Gasteiger partial charge is 0.241 e. The van der Waals surface area contributed by atoms with Gasteiger partial charge in [0.2, 0.25) is 11.9 Å². The molecule has 15 heavy (non-hydrogen) atoms. The molecule has 0 spiro atoms. The molecule has 7 nitrogen and oxygen atoms in total. The van der Waals surface area contributed by atoms with Crippen molar-refractivity contribution in [3.8, 4) is 0 Å². The number of hydrogen-bond acceptors (Lipinski definition) is 5. The van der Waals surface area contributed by atoms with Crippen LogP contribution in [-0.4, -0.2) is 40.9 Å². The van der Waals surface area contributed by atoms with E-state index in [9.17, 15) is 4.79 Å². The molecular weight excluding hydrogens is 266 g/mol. The summed E-state index contributed by atoms with van der Waals surface area (Å²) in [5.74, 6) is -0.0378. The molecule has 0 unspecified atom stereocenters. The van der Waals surface area contributed by atoms with Gasteiger partial charge in [0.05, 0.1) is 6.61 Å². The van der Waals surface area contributed by atoms with E-state index in [1.54, 1.807) is 7.11 Å². The number of rotatable bonds is 5. The first-order valence-electron chi connectivity index (χ1n) is 4.25. The molecule has 1 rings (SSSR count). The minimum absolute atomic E-state index is 0.0779. The largest absolute Gasteiger partial charge is 0.383 e. The highest BCUT2D eigenvalue weighted by Crippen LogP contribution is 2.06.